The van der Waals surface area contributed by atoms with Crippen molar-refractivity contribution in [3.63, 3.8) is 0 Å². The Bertz CT molecular complexity index is 1400. The van der Waals surface area contributed by atoms with Crippen molar-refractivity contribution >= 4 is 43.1 Å². The topological polar surface area (TPSA) is 103 Å². The molecule has 1 N–H and O–H groups in total. The number of fused-ring (bicyclic) bond motifs is 1. The predicted molar refractivity (Wildman–Crippen MR) is 120 cm³/mol. The van der Waals surface area contributed by atoms with E-state index < -0.39 is 15.7 Å². The standard InChI is InChI=1S/C21H19FN4O4S2/c1-13-11-19(26(25-13)21-23-17-8-3-14(22)12-18(17)31-21)24-20(27)9-10-32(28,29)16-6-4-15(30-2)5-7-16/h3-8,11-12H,9-10H2,1-2H3,(H,24,27). The SMILES string of the molecule is COc1ccc(S(=O)(=O)CCC(=O)Nc2cc(C)nn2-c2nc3ccc(F)cc3s2)cc1. The van der Waals surface area contributed by atoms with Gasteiger partial charge in [0.2, 0.25) is 11.0 Å². The van der Waals surface area contributed by atoms with Crippen LogP contribution < -0.4 is 10.1 Å². The van der Waals surface area contributed by atoms with Gasteiger partial charge in [-0.3, -0.25) is 4.79 Å². The number of thiazole rings is 1. The molecular weight excluding hydrogens is 455 g/mol. The number of aromatic nitrogens is 3. The number of benzene rings is 2. The summed E-state index contributed by atoms with van der Waals surface area (Å²) in [5.74, 6) is -0.290. The average molecular weight is 475 g/mol. The highest BCUT2D eigenvalue weighted by Gasteiger charge is 2.19. The van der Waals surface area contributed by atoms with Crippen LogP contribution >= 0.6 is 11.3 Å². The zero-order chi connectivity index (χ0) is 22.9. The van der Waals surface area contributed by atoms with E-state index in [0.29, 0.717) is 32.6 Å². The van der Waals surface area contributed by atoms with Crippen molar-refractivity contribution in [3.05, 3.63) is 60.0 Å². The van der Waals surface area contributed by atoms with Crippen molar-refractivity contribution in [2.75, 3.05) is 18.2 Å². The number of sulfone groups is 1. The first kappa shape index (κ1) is 21.9. The van der Waals surface area contributed by atoms with E-state index in [4.69, 9.17) is 4.74 Å². The van der Waals surface area contributed by atoms with Gasteiger partial charge in [0, 0.05) is 12.5 Å². The van der Waals surface area contributed by atoms with Gasteiger partial charge in [-0.25, -0.2) is 17.8 Å². The lowest BCUT2D eigenvalue weighted by molar-refractivity contribution is -0.115. The number of aryl methyl sites for hydroxylation is 1. The van der Waals surface area contributed by atoms with Gasteiger partial charge < -0.3 is 10.1 Å². The molecule has 0 radical (unpaired) electrons. The van der Waals surface area contributed by atoms with Crippen LogP contribution in [0.3, 0.4) is 0 Å². The number of nitrogens with one attached hydrogen (secondary N) is 1. The molecular formula is C21H19FN4O4S2. The van der Waals surface area contributed by atoms with Gasteiger partial charge in [-0.15, -0.1) is 0 Å². The van der Waals surface area contributed by atoms with Crippen LogP contribution in [-0.4, -0.2) is 42.0 Å². The molecule has 166 valence electrons. The van der Waals surface area contributed by atoms with Crippen LogP contribution in [0.15, 0.2) is 53.4 Å². The molecule has 2 aromatic carbocycles. The molecule has 4 aromatic rings. The Labute approximate surface area is 187 Å². The molecule has 0 aliphatic rings. The van der Waals surface area contributed by atoms with Crippen LogP contribution in [0.2, 0.25) is 0 Å². The van der Waals surface area contributed by atoms with E-state index in [-0.39, 0.29) is 22.9 Å². The number of halogens is 1. The Morgan fingerprint density at radius 2 is 1.94 bits per heavy atom. The van der Waals surface area contributed by atoms with Gasteiger partial charge in [-0.2, -0.15) is 9.78 Å². The number of nitrogens with zero attached hydrogens (tertiary/aromatic N) is 3. The van der Waals surface area contributed by atoms with Crippen LogP contribution in [0.4, 0.5) is 10.2 Å². The molecule has 0 fully saturated rings. The van der Waals surface area contributed by atoms with E-state index in [1.165, 1.54) is 47.4 Å². The number of amides is 1. The highest BCUT2D eigenvalue weighted by atomic mass is 32.2. The second-order valence-corrected chi connectivity index (χ2v) is 10.1. The monoisotopic (exact) mass is 474 g/mol. The van der Waals surface area contributed by atoms with Gasteiger partial charge >= 0.3 is 0 Å². The molecule has 4 rings (SSSR count). The van der Waals surface area contributed by atoms with E-state index in [1.807, 2.05) is 0 Å². The maximum absolute atomic E-state index is 13.5. The van der Waals surface area contributed by atoms with Gasteiger partial charge in [0.05, 0.1) is 33.7 Å². The molecule has 1 amide bonds. The highest BCUT2D eigenvalue weighted by Crippen LogP contribution is 2.28. The minimum atomic E-state index is -3.64. The number of carbonyl (C=O) groups excluding carboxylic acids is 1. The molecule has 0 unspecified atom stereocenters. The number of ether oxygens (including phenoxy) is 1. The minimum Gasteiger partial charge on any atom is -0.497 e. The maximum atomic E-state index is 13.5. The van der Waals surface area contributed by atoms with Gasteiger partial charge in [0.25, 0.3) is 0 Å². The van der Waals surface area contributed by atoms with Crippen molar-refractivity contribution < 1.29 is 22.3 Å². The molecule has 32 heavy (non-hydrogen) atoms. The van der Waals surface area contributed by atoms with Crippen molar-refractivity contribution in [2.24, 2.45) is 0 Å². The Morgan fingerprint density at radius 1 is 1.19 bits per heavy atom. The van der Waals surface area contributed by atoms with E-state index in [9.17, 15) is 17.6 Å². The van der Waals surface area contributed by atoms with Gasteiger partial charge in [0.1, 0.15) is 17.4 Å². The van der Waals surface area contributed by atoms with Crippen LogP contribution in [0.1, 0.15) is 12.1 Å². The number of methoxy groups -OCH3 is 1. The fourth-order valence-corrected chi connectivity index (χ4v) is 5.24. The molecule has 0 bridgehead atoms. The van der Waals surface area contributed by atoms with E-state index in [0.717, 1.165) is 0 Å². The Kier molecular flexibility index (Phi) is 5.94. The van der Waals surface area contributed by atoms with Crippen LogP contribution in [0, 0.1) is 12.7 Å². The molecule has 0 aliphatic carbocycles. The Morgan fingerprint density at radius 3 is 2.66 bits per heavy atom. The fraction of sp³-hybridized carbons (Fsp3) is 0.190. The van der Waals surface area contributed by atoms with Crippen molar-refractivity contribution in [1.29, 1.82) is 0 Å². The summed E-state index contributed by atoms with van der Waals surface area (Å²) in [4.78, 5) is 17.1. The second-order valence-electron chi connectivity index (χ2n) is 6.98. The third kappa shape index (κ3) is 4.63. The second kappa shape index (κ2) is 8.67. The predicted octanol–water partition coefficient (Wildman–Crippen LogP) is 3.74. The average Bonchev–Trinajstić information content (AvgIpc) is 3.34. The first-order valence-electron chi connectivity index (χ1n) is 9.55. The molecule has 0 atom stereocenters. The molecule has 0 aliphatic heterocycles. The summed E-state index contributed by atoms with van der Waals surface area (Å²) in [5.41, 5.74) is 1.25. The zero-order valence-electron chi connectivity index (χ0n) is 17.2. The van der Waals surface area contributed by atoms with Crippen LogP contribution in [-0.2, 0) is 14.6 Å². The van der Waals surface area contributed by atoms with Crippen LogP contribution in [0.5, 0.6) is 5.75 Å². The summed E-state index contributed by atoms with van der Waals surface area (Å²) in [6, 6.07) is 11.9. The van der Waals surface area contributed by atoms with Gasteiger partial charge in [-0.05, 0) is 49.4 Å². The number of anilines is 1. The Hall–Kier alpha value is -3.31. The summed E-state index contributed by atoms with van der Waals surface area (Å²) in [6.45, 7) is 1.76. The van der Waals surface area contributed by atoms with Crippen LogP contribution in [0.25, 0.3) is 15.3 Å². The highest BCUT2D eigenvalue weighted by molar-refractivity contribution is 7.91. The van der Waals surface area contributed by atoms with Gasteiger partial charge in [-0.1, -0.05) is 11.3 Å². The van der Waals surface area contributed by atoms with Crippen molar-refractivity contribution in [3.8, 4) is 10.9 Å². The number of hydrogen-bond donors (Lipinski definition) is 1. The van der Waals surface area contributed by atoms with E-state index >= 15 is 0 Å². The molecule has 11 heteroatoms. The van der Waals surface area contributed by atoms with Crippen molar-refractivity contribution in [2.45, 2.75) is 18.2 Å². The molecule has 0 saturated carbocycles. The zero-order valence-corrected chi connectivity index (χ0v) is 18.8. The number of carbonyl (C=O) groups is 1. The van der Waals surface area contributed by atoms with Crippen molar-refractivity contribution in [1.82, 2.24) is 14.8 Å². The normalized spacial score (nSPS) is 11.6. The molecule has 2 aromatic heterocycles. The summed E-state index contributed by atoms with van der Waals surface area (Å²) in [7, 11) is -2.14. The fourth-order valence-electron chi connectivity index (χ4n) is 3.04. The summed E-state index contributed by atoms with van der Waals surface area (Å²) in [6.07, 6.45) is -0.232. The molecule has 0 saturated heterocycles. The minimum absolute atomic E-state index is 0.119. The quantitative estimate of drug-likeness (QED) is 0.438. The lowest BCUT2D eigenvalue weighted by Crippen LogP contribution is -2.19. The Balaban J connectivity index is 1.48. The molecule has 8 nitrogen and oxygen atoms in total. The largest absolute Gasteiger partial charge is 0.497 e. The molecule has 0 spiro atoms. The first-order chi connectivity index (χ1) is 15.2. The van der Waals surface area contributed by atoms with Gasteiger partial charge in [0.15, 0.2) is 9.84 Å². The summed E-state index contributed by atoms with van der Waals surface area (Å²) in [5, 5.41) is 7.51. The lowest BCUT2D eigenvalue weighted by Gasteiger charge is -2.08. The van der Waals surface area contributed by atoms with E-state index in [2.05, 4.69) is 15.4 Å². The first-order valence-corrected chi connectivity index (χ1v) is 12.0. The lowest BCUT2D eigenvalue weighted by atomic mass is 10.3. The summed E-state index contributed by atoms with van der Waals surface area (Å²) < 4.78 is 45.7. The number of rotatable bonds is 7. The number of hydrogen-bond acceptors (Lipinski definition) is 7. The maximum Gasteiger partial charge on any atom is 0.226 e. The third-order valence-corrected chi connectivity index (χ3v) is 7.36. The third-order valence-electron chi connectivity index (χ3n) is 4.64. The summed E-state index contributed by atoms with van der Waals surface area (Å²) >= 11 is 1.23. The van der Waals surface area contributed by atoms with E-state index in [1.54, 1.807) is 31.2 Å². The smallest absolute Gasteiger partial charge is 0.226 e. The molecule has 2 heterocycles.